The summed E-state index contributed by atoms with van der Waals surface area (Å²) < 4.78 is 30.9. The molecule has 0 fully saturated rings. The second kappa shape index (κ2) is 9.10. The summed E-state index contributed by atoms with van der Waals surface area (Å²) in [5.74, 6) is -0.106. The van der Waals surface area contributed by atoms with E-state index in [-0.39, 0.29) is 18.3 Å². The first kappa shape index (κ1) is 21.1. The first-order chi connectivity index (χ1) is 12.8. The van der Waals surface area contributed by atoms with Gasteiger partial charge in [0.2, 0.25) is 15.9 Å². The summed E-state index contributed by atoms with van der Waals surface area (Å²) in [4.78, 5) is 12.6. The maximum absolute atomic E-state index is 12.6. The van der Waals surface area contributed by atoms with E-state index in [0.29, 0.717) is 17.2 Å². The molecular formula is C19H23ClN2O4S. The Morgan fingerprint density at radius 2 is 1.89 bits per heavy atom. The lowest BCUT2D eigenvalue weighted by molar-refractivity contribution is -0.120. The number of ether oxygens (including phenoxy) is 1. The van der Waals surface area contributed by atoms with Crippen LogP contribution in [-0.4, -0.2) is 34.2 Å². The number of hydrogen-bond acceptors (Lipinski definition) is 4. The number of sulfonamides is 1. The van der Waals surface area contributed by atoms with Crippen LogP contribution < -0.4 is 14.4 Å². The van der Waals surface area contributed by atoms with Gasteiger partial charge >= 0.3 is 0 Å². The summed E-state index contributed by atoms with van der Waals surface area (Å²) in [7, 11) is -2.31. The molecule has 2 aromatic rings. The van der Waals surface area contributed by atoms with Crippen molar-refractivity contribution in [2.75, 3.05) is 24.2 Å². The summed E-state index contributed by atoms with van der Waals surface area (Å²) in [5, 5.41) is 3.23. The molecule has 0 aliphatic rings. The van der Waals surface area contributed by atoms with E-state index < -0.39 is 15.9 Å². The molecule has 1 atom stereocenters. The van der Waals surface area contributed by atoms with Crippen molar-refractivity contribution in [1.82, 2.24) is 5.32 Å². The third kappa shape index (κ3) is 5.61. The summed E-state index contributed by atoms with van der Waals surface area (Å²) in [6.45, 7) is 1.57. The average Bonchev–Trinajstić information content (AvgIpc) is 2.64. The highest BCUT2D eigenvalue weighted by Crippen LogP contribution is 2.32. The molecule has 2 rings (SSSR count). The number of amides is 1. The van der Waals surface area contributed by atoms with E-state index in [0.717, 1.165) is 16.1 Å². The predicted octanol–water partition coefficient (Wildman–Crippen LogP) is 3.38. The highest BCUT2D eigenvalue weighted by Gasteiger charge is 2.25. The highest BCUT2D eigenvalue weighted by atomic mass is 35.5. The van der Waals surface area contributed by atoms with Gasteiger partial charge in [-0.25, -0.2) is 8.42 Å². The molecule has 0 unspecified atom stereocenters. The van der Waals surface area contributed by atoms with E-state index in [4.69, 9.17) is 16.3 Å². The minimum absolute atomic E-state index is 0.207. The molecule has 8 heteroatoms. The van der Waals surface area contributed by atoms with Gasteiger partial charge in [0.15, 0.2) is 0 Å². The number of halogens is 1. The number of methoxy groups -OCH3 is 1. The van der Waals surface area contributed by atoms with Crippen molar-refractivity contribution >= 4 is 33.2 Å². The zero-order valence-corrected chi connectivity index (χ0v) is 17.0. The Labute approximate surface area is 165 Å². The van der Waals surface area contributed by atoms with Crippen LogP contribution in [0.5, 0.6) is 5.75 Å². The van der Waals surface area contributed by atoms with Crippen LogP contribution in [0.4, 0.5) is 5.69 Å². The SMILES string of the molecule is CC[C@@H](NC(=O)CN(c1cc(Cl)ccc1OC)S(C)(=O)=O)c1ccccc1. The van der Waals surface area contributed by atoms with Gasteiger partial charge in [-0.05, 0) is 30.2 Å². The van der Waals surface area contributed by atoms with Crippen molar-refractivity contribution in [2.24, 2.45) is 0 Å². The van der Waals surface area contributed by atoms with Gasteiger partial charge in [-0.3, -0.25) is 9.10 Å². The molecule has 0 saturated heterocycles. The zero-order chi connectivity index (χ0) is 20.0. The smallest absolute Gasteiger partial charge is 0.241 e. The first-order valence-electron chi connectivity index (χ1n) is 8.41. The molecule has 2 aromatic carbocycles. The van der Waals surface area contributed by atoms with Gasteiger partial charge in [0.05, 0.1) is 25.1 Å². The van der Waals surface area contributed by atoms with E-state index >= 15 is 0 Å². The Morgan fingerprint density at radius 3 is 2.44 bits per heavy atom. The lowest BCUT2D eigenvalue weighted by Gasteiger charge is -2.25. The second-order valence-corrected chi connectivity index (χ2v) is 8.37. The third-order valence-electron chi connectivity index (χ3n) is 4.04. The summed E-state index contributed by atoms with van der Waals surface area (Å²) >= 11 is 6.01. The van der Waals surface area contributed by atoms with Crippen LogP contribution in [0.25, 0.3) is 0 Å². The standard InChI is InChI=1S/C19H23ClN2O4S/c1-4-16(14-8-6-5-7-9-14)21-19(23)13-22(27(3,24)25)17-12-15(20)10-11-18(17)26-2/h5-12,16H,4,13H2,1-3H3,(H,21,23)/t16-/m1/s1. The Balaban J connectivity index is 2.27. The van der Waals surface area contributed by atoms with Crippen LogP contribution in [0.3, 0.4) is 0 Å². The molecule has 0 heterocycles. The molecule has 0 saturated carbocycles. The second-order valence-electron chi connectivity index (χ2n) is 6.02. The van der Waals surface area contributed by atoms with Gasteiger partial charge in [-0.2, -0.15) is 0 Å². The number of carbonyl (C=O) groups is 1. The van der Waals surface area contributed by atoms with Gasteiger partial charge in [-0.15, -0.1) is 0 Å². The predicted molar refractivity (Wildman–Crippen MR) is 108 cm³/mol. The van der Waals surface area contributed by atoms with Crippen LogP contribution in [0.1, 0.15) is 24.9 Å². The van der Waals surface area contributed by atoms with Crippen molar-refractivity contribution < 1.29 is 17.9 Å². The topological polar surface area (TPSA) is 75.7 Å². The number of hydrogen-bond donors (Lipinski definition) is 1. The number of nitrogens with zero attached hydrogens (tertiary/aromatic N) is 1. The van der Waals surface area contributed by atoms with Crippen molar-refractivity contribution in [3.05, 3.63) is 59.1 Å². The Kier molecular flexibility index (Phi) is 7.10. The zero-order valence-electron chi connectivity index (χ0n) is 15.5. The van der Waals surface area contributed by atoms with Crippen LogP contribution in [-0.2, 0) is 14.8 Å². The number of rotatable bonds is 8. The quantitative estimate of drug-likeness (QED) is 0.723. The molecule has 27 heavy (non-hydrogen) atoms. The Morgan fingerprint density at radius 1 is 1.22 bits per heavy atom. The average molecular weight is 411 g/mol. The maximum Gasteiger partial charge on any atom is 0.241 e. The van der Waals surface area contributed by atoms with Crippen LogP contribution >= 0.6 is 11.6 Å². The van der Waals surface area contributed by atoms with Gasteiger partial charge < -0.3 is 10.1 Å². The Bertz CT molecular complexity index is 888. The van der Waals surface area contributed by atoms with Gasteiger partial charge in [0.25, 0.3) is 0 Å². The molecule has 0 radical (unpaired) electrons. The fourth-order valence-corrected chi connectivity index (χ4v) is 3.73. The van der Waals surface area contributed by atoms with Crippen molar-refractivity contribution in [3.63, 3.8) is 0 Å². The van der Waals surface area contributed by atoms with Crippen molar-refractivity contribution in [2.45, 2.75) is 19.4 Å². The lowest BCUT2D eigenvalue weighted by atomic mass is 10.0. The van der Waals surface area contributed by atoms with E-state index in [1.807, 2.05) is 37.3 Å². The van der Waals surface area contributed by atoms with Gasteiger partial charge in [0.1, 0.15) is 12.3 Å². The number of benzene rings is 2. The Hall–Kier alpha value is -2.25. The monoisotopic (exact) mass is 410 g/mol. The van der Waals surface area contributed by atoms with Crippen LogP contribution in [0, 0.1) is 0 Å². The molecule has 0 aliphatic heterocycles. The van der Waals surface area contributed by atoms with Crippen LogP contribution in [0.2, 0.25) is 5.02 Å². The summed E-state index contributed by atoms with van der Waals surface area (Å²) in [6.07, 6.45) is 1.71. The van der Waals surface area contributed by atoms with E-state index in [9.17, 15) is 13.2 Å². The molecule has 146 valence electrons. The minimum atomic E-state index is -3.74. The summed E-state index contributed by atoms with van der Waals surface area (Å²) in [6, 6.07) is 13.9. The number of nitrogens with one attached hydrogen (secondary N) is 1. The minimum Gasteiger partial charge on any atom is -0.495 e. The molecular weight excluding hydrogens is 388 g/mol. The van der Waals surface area contributed by atoms with Gasteiger partial charge in [-0.1, -0.05) is 48.9 Å². The number of carbonyl (C=O) groups excluding carboxylic acids is 1. The van der Waals surface area contributed by atoms with Crippen molar-refractivity contribution in [1.29, 1.82) is 0 Å². The normalized spacial score (nSPS) is 12.3. The highest BCUT2D eigenvalue weighted by molar-refractivity contribution is 7.92. The van der Waals surface area contributed by atoms with E-state index in [2.05, 4.69) is 5.32 Å². The first-order valence-corrected chi connectivity index (χ1v) is 10.6. The molecule has 0 aromatic heterocycles. The lowest BCUT2D eigenvalue weighted by Crippen LogP contribution is -2.41. The number of anilines is 1. The molecule has 0 aliphatic carbocycles. The molecule has 0 bridgehead atoms. The third-order valence-corrected chi connectivity index (χ3v) is 5.40. The fourth-order valence-electron chi connectivity index (χ4n) is 2.72. The molecule has 1 amide bonds. The molecule has 1 N–H and O–H groups in total. The molecule has 0 spiro atoms. The van der Waals surface area contributed by atoms with Gasteiger partial charge in [0, 0.05) is 5.02 Å². The largest absolute Gasteiger partial charge is 0.495 e. The maximum atomic E-state index is 12.6. The summed E-state index contributed by atoms with van der Waals surface area (Å²) in [5.41, 5.74) is 1.18. The van der Waals surface area contributed by atoms with E-state index in [1.165, 1.54) is 13.2 Å². The molecule has 6 nitrogen and oxygen atoms in total. The van der Waals surface area contributed by atoms with Crippen LogP contribution in [0.15, 0.2) is 48.5 Å². The fraction of sp³-hybridized carbons (Fsp3) is 0.316. The van der Waals surface area contributed by atoms with E-state index in [1.54, 1.807) is 12.1 Å². The van der Waals surface area contributed by atoms with Crippen molar-refractivity contribution in [3.8, 4) is 5.75 Å².